The van der Waals surface area contributed by atoms with E-state index in [2.05, 4.69) is 13.9 Å². The van der Waals surface area contributed by atoms with Gasteiger partial charge in [-0.05, 0) is 25.0 Å². The van der Waals surface area contributed by atoms with Crippen LogP contribution in [0.3, 0.4) is 0 Å². The van der Waals surface area contributed by atoms with Crippen LogP contribution in [0.4, 0.5) is 0 Å². The second-order valence-electron chi connectivity index (χ2n) is 3.51. The molecule has 0 aliphatic heterocycles. The van der Waals surface area contributed by atoms with Crippen molar-refractivity contribution in [1.29, 1.82) is 0 Å². The van der Waals surface area contributed by atoms with Crippen molar-refractivity contribution in [2.45, 2.75) is 32.1 Å². The molecule has 0 radical (unpaired) electrons. The largest absolute Gasteiger partial charge is 1.00 e. The second-order valence-corrected chi connectivity index (χ2v) is 3.51. The lowest BCUT2D eigenvalue weighted by Gasteiger charge is -1.99. The van der Waals surface area contributed by atoms with Gasteiger partial charge >= 0.3 is 13.4 Å². The first-order valence-electron chi connectivity index (χ1n) is 5.81. The van der Waals surface area contributed by atoms with Crippen molar-refractivity contribution in [3.63, 3.8) is 0 Å². The number of ether oxygens (including phenoxy) is 2. The van der Waals surface area contributed by atoms with Gasteiger partial charge in [-0.25, -0.2) is 0 Å². The predicted molar refractivity (Wildman–Crippen MR) is 66.9 cm³/mol. The number of hydrogen-bond acceptors (Lipinski definition) is 5. The van der Waals surface area contributed by atoms with Gasteiger partial charge in [-0.3, -0.25) is 9.59 Å². The summed E-state index contributed by atoms with van der Waals surface area (Å²) in [5.41, 5.74) is 0. The van der Waals surface area contributed by atoms with E-state index in [1.54, 1.807) is 12.5 Å². The molecule has 102 valence electrons. The Bertz CT molecular complexity index is 276. The van der Waals surface area contributed by atoms with Crippen LogP contribution in [0.5, 0.6) is 0 Å². The van der Waals surface area contributed by atoms with E-state index in [1.165, 1.54) is 14.2 Å². The number of methoxy groups -OCH3 is 2. The van der Waals surface area contributed by atoms with Crippen molar-refractivity contribution in [2.75, 3.05) is 14.2 Å². The van der Waals surface area contributed by atoms with Gasteiger partial charge in [0.25, 0.3) is 0 Å². The molecular formula is C13H21O5+. The maximum Gasteiger partial charge on any atom is 1.00 e. The summed E-state index contributed by atoms with van der Waals surface area (Å²) in [6.45, 7) is 0. The normalized spacial score (nSPS) is 9.00. The van der Waals surface area contributed by atoms with Gasteiger partial charge in [0, 0.05) is 12.8 Å². The Morgan fingerprint density at radius 1 is 0.944 bits per heavy atom. The number of carbonyl (C=O) groups is 2. The molecule has 0 unspecified atom stereocenters. The van der Waals surface area contributed by atoms with Crippen LogP contribution in [0.15, 0.2) is 29.1 Å². The van der Waals surface area contributed by atoms with E-state index in [1.807, 2.05) is 12.1 Å². The smallest absolute Gasteiger partial charge is 0.473 e. The number of furan rings is 1. The Balaban J connectivity index is 0. The van der Waals surface area contributed by atoms with Gasteiger partial charge < -0.3 is 13.9 Å². The molecule has 0 N–H and O–H groups in total. The minimum atomic E-state index is -0.196. The maximum absolute atomic E-state index is 10.7. The monoisotopic (exact) mass is 257 g/mol. The number of hydrogen-bond donors (Lipinski definition) is 0. The van der Waals surface area contributed by atoms with Gasteiger partial charge in [0.15, 0.2) is 0 Å². The van der Waals surface area contributed by atoms with E-state index >= 15 is 0 Å². The fourth-order valence-corrected chi connectivity index (χ4v) is 1.15. The summed E-state index contributed by atoms with van der Waals surface area (Å²) in [4.78, 5) is 21.3. The van der Waals surface area contributed by atoms with Crippen LogP contribution in [0.1, 0.15) is 33.5 Å². The average Bonchev–Trinajstić information content (AvgIpc) is 2.96. The third-order valence-corrected chi connectivity index (χ3v) is 2.14. The first kappa shape index (κ1) is 16.2. The molecule has 0 bridgehead atoms. The second kappa shape index (κ2) is 11.7. The van der Waals surface area contributed by atoms with Crippen LogP contribution in [0.25, 0.3) is 0 Å². The molecule has 0 aliphatic rings. The molecule has 5 nitrogen and oxygen atoms in total. The Morgan fingerprint density at radius 3 is 1.67 bits per heavy atom. The molecule has 0 aliphatic carbocycles. The van der Waals surface area contributed by atoms with E-state index in [0.717, 1.165) is 19.3 Å². The SMILES string of the molecule is COC(=O)CCCCCC(=O)OC.[H+].c1ccoc1. The lowest BCUT2D eigenvalue weighted by atomic mass is 10.1. The minimum Gasteiger partial charge on any atom is -0.473 e. The molecular weight excluding hydrogens is 236 g/mol. The number of esters is 2. The lowest BCUT2D eigenvalue weighted by Crippen LogP contribution is -2.01. The van der Waals surface area contributed by atoms with E-state index in [0.29, 0.717) is 12.8 Å². The maximum atomic E-state index is 10.7. The molecule has 0 fully saturated rings. The Hall–Kier alpha value is -1.78. The number of unbranched alkanes of at least 4 members (excludes halogenated alkanes) is 2. The summed E-state index contributed by atoms with van der Waals surface area (Å²) in [5, 5.41) is 0. The van der Waals surface area contributed by atoms with Crippen molar-refractivity contribution >= 4 is 11.9 Å². The van der Waals surface area contributed by atoms with Crippen LogP contribution in [0, 0.1) is 0 Å². The fraction of sp³-hybridized carbons (Fsp3) is 0.538. The van der Waals surface area contributed by atoms with Crippen molar-refractivity contribution in [2.24, 2.45) is 0 Å². The highest BCUT2D eigenvalue weighted by Crippen LogP contribution is 2.04. The lowest BCUT2D eigenvalue weighted by molar-refractivity contribution is -0.141. The highest BCUT2D eigenvalue weighted by molar-refractivity contribution is 5.69. The molecule has 0 saturated carbocycles. The number of carbonyl (C=O) groups excluding carboxylic acids is 2. The van der Waals surface area contributed by atoms with E-state index < -0.39 is 0 Å². The summed E-state index contributed by atoms with van der Waals surface area (Å²) in [5.74, 6) is -0.392. The molecule has 18 heavy (non-hydrogen) atoms. The average molecular weight is 257 g/mol. The van der Waals surface area contributed by atoms with Crippen molar-refractivity contribution in [3.05, 3.63) is 24.7 Å². The van der Waals surface area contributed by atoms with E-state index in [9.17, 15) is 9.59 Å². The highest BCUT2D eigenvalue weighted by Gasteiger charge is 2.01. The third-order valence-electron chi connectivity index (χ3n) is 2.14. The van der Waals surface area contributed by atoms with Gasteiger partial charge in [0.2, 0.25) is 0 Å². The summed E-state index contributed by atoms with van der Waals surface area (Å²) < 4.78 is 13.5. The molecule has 1 aromatic rings. The van der Waals surface area contributed by atoms with Gasteiger partial charge in [0.1, 0.15) is 0 Å². The first-order valence-corrected chi connectivity index (χ1v) is 5.81. The topological polar surface area (TPSA) is 65.7 Å². The van der Waals surface area contributed by atoms with Gasteiger partial charge in [0.05, 0.1) is 26.7 Å². The van der Waals surface area contributed by atoms with Gasteiger partial charge in [-0.15, -0.1) is 0 Å². The van der Waals surface area contributed by atoms with Crippen molar-refractivity contribution in [1.82, 2.24) is 0 Å². The fourth-order valence-electron chi connectivity index (χ4n) is 1.15. The van der Waals surface area contributed by atoms with Crippen LogP contribution in [0.2, 0.25) is 0 Å². The highest BCUT2D eigenvalue weighted by atomic mass is 16.5. The quantitative estimate of drug-likeness (QED) is 0.579. The standard InChI is InChI=1S/C9H16O4.C4H4O/c1-12-8(10)6-4-3-5-7-9(11)13-2;1-2-4-5-3-1/h3-7H2,1-2H3;1-4H/p+1. The number of rotatable bonds is 6. The van der Waals surface area contributed by atoms with Crippen molar-refractivity contribution in [3.8, 4) is 0 Å². The van der Waals surface area contributed by atoms with Gasteiger partial charge in [-0.1, -0.05) is 6.42 Å². The molecule has 0 saturated heterocycles. The van der Waals surface area contributed by atoms with E-state index in [4.69, 9.17) is 0 Å². The third kappa shape index (κ3) is 10.7. The zero-order valence-electron chi connectivity index (χ0n) is 11.9. The zero-order valence-corrected chi connectivity index (χ0v) is 10.9. The molecule has 1 heterocycles. The van der Waals surface area contributed by atoms with Crippen LogP contribution in [-0.4, -0.2) is 26.2 Å². The Kier molecular flexibility index (Phi) is 10.5. The molecule has 0 spiro atoms. The first-order chi connectivity index (χ1) is 8.70. The van der Waals surface area contributed by atoms with Crippen molar-refractivity contribution < 1.29 is 24.9 Å². The van der Waals surface area contributed by atoms with Crippen LogP contribution < -0.4 is 0 Å². The molecule has 0 atom stereocenters. The Morgan fingerprint density at radius 2 is 1.39 bits per heavy atom. The molecule has 5 heteroatoms. The van der Waals surface area contributed by atoms with Crippen LogP contribution in [-0.2, 0) is 19.1 Å². The predicted octanol–water partition coefficient (Wildman–Crippen LogP) is 2.68. The summed E-state index contributed by atoms with van der Waals surface area (Å²) in [6, 6.07) is 3.67. The molecule has 0 amide bonds. The molecule has 1 rings (SSSR count). The molecule has 0 aromatic carbocycles. The van der Waals surface area contributed by atoms with Gasteiger partial charge in [-0.2, -0.15) is 0 Å². The Labute approximate surface area is 109 Å². The zero-order chi connectivity index (χ0) is 13.6. The summed E-state index contributed by atoms with van der Waals surface area (Å²) >= 11 is 0. The molecule has 1 aromatic heterocycles. The minimum absolute atomic E-state index is 0. The summed E-state index contributed by atoms with van der Waals surface area (Å²) in [6.07, 6.45) is 6.49. The summed E-state index contributed by atoms with van der Waals surface area (Å²) in [7, 11) is 2.74. The van der Waals surface area contributed by atoms with Crippen LogP contribution >= 0.6 is 0 Å². The van der Waals surface area contributed by atoms with E-state index in [-0.39, 0.29) is 13.4 Å².